The molecule has 1 saturated heterocycles. The molecule has 0 bridgehead atoms. The number of rotatable bonds is 2. The summed E-state index contributed by atoms with van der Waals surface area (Å²) in [6.45, 7) is 1.82. The lowest BCUT2D eigenvalue weighted by Gasteiger charge is -2.37. The highest BCUT2D eigenvalue weighted by Gasteiger charge is 2.29. The van der Waals surface area contributed by atoms with Gasteiger partial charge in [0.1, 0.15) is 11.6 Å². The molecule has 3 rings (SSSR count). The molecule has 2 aliphatic heterocycles. The lowest BCUT2D eigenvalue weighted by Crippen LogP contribution is -2.42. The zero-order valence-electron chi connectivity index (χ0n) is 10.6. The summed E-state index contributed by atoms with van der Waals surface area (Å²) in [6.07, 6.45) is 6.80. The van der Waals surface area contributed by atoms with Gasteiger partial charge < -0.3 is 0 Å². The van der Waals surface area contributed by atoms with Crippen LogP contribution in [0.1, 0.15) is 30.9 Å². The summed E-state index contributed by atoms with van der Waals surface area (Å²) < 4.78 is 26.7. The van der Waals surface area contributed by atoms with E-state index in [0.717, 1.165) is 32.0 Å². The second-order valence-corrected chi connectivity index (χ2v) is 4.89. The zero-order chi connectivity index (χ0) is 13.2. The summed E-state index contributed by atoms with van der Waals surface area (Å²) in [5, 5.41) is 8.38. The smallest absolute Gasteiger partial charge is 0.126 e. The molecular formula is C14H16F2N3. The van der Waals surface area contributed by atoms with Gasteiger partial charge in [0.15, 0.2) is 0 Å². The average molecular weight is 264 g/mol. The fourth-order valence-corrected chi connectivity index (χ4v) is 2.65. The van der Waals surface area contributed by atoms with Crippen LogP contribution in [0, 0.1) is 18.1 Å². The molecule has 0 aromatic heterocycles. The Morgan fingerprint density at radius 1 is 1.05 bits per heavy atom. The van der Waals surface area contributed by atoms with Gasteiger partial charge in [0.05, 0.1) is 6.04 Å². The van der Waals surface area contributed by atoms with Crippen LogP contribution in [0.3, 0.4) is 0 Å². The first kappa shape index (κ1) is 12.5. The van der Waals surface area contributed by atoms with Crippen molar-refractivity contribution in [2.24, 2.45) is 5.10 Å². The van der Waals surface area contributed by atoms with Crippen molar-refractivity contribution < 1.29 is 8.78 Å². The molecule has 101 valence electrons. The summed E-state index contributed by atoms with van der Waals surface area (Å²) in [4.78, 5) is 0. The van der Waals surface area contributed by atoms with Gasteiger partial charge in [-0.25, -0.2) is 18.9 Å². The molecule has 5 heteroatoms. The third-order valence-electron chi connectivity index (χ3n) is 3.55. The Balaban J connectivity index is 1.83. The zero-order valence-corrected chi connectivity index (χ0v) is 10.6. The van der Waals surface area contributed by atoms with Gasteiger partial charge in [-0.05, 0) is 37.0 Å². The quantitative estimate of drug-likeness (QED) is 0.818. The molecule has 1 aromatic rings. The maximum absolute atomic E-state index is 13.3. The topological polar surface area (TPSA) is 18.8 Å². The number of halogens is 2. The van der Waals surface area contributed by atoms with E-state index in [2.05, 4.69) is 16.5 Å². The molecule has 0 spiro atoms. The molecule has 0 unspecified atom stereocenters. The van der Waals surface area contributed by atoms with E-state index < -0.39 is 11.6 Å². The molecule has 1 fully saturated rings. The Hall–Kier alpha value is -1.49. The van der Waals surface area contributed by atoms with Gasteiger partial charge in [0, 0.05) is 31.8 Å². The molecule has 2 aliphatic rings. The third kappa shape index (κ3) is 2.61. The molecule has 3 nitrogen and oxygen atoms in total. The summed E-state index contributed by atoms with van der Waals surface area (Å²) >= 11 is 0. The van der Waals surface area contributed by atoms with Gasteiger partial charge in [-0.3, -0.25) is 0 Å². The molecule has 0 N–H and O–H groups in total. The van der Waals surface area contributed by atoms with Crippen LogP contribution in [-0.2, 0) is 0 Å². The Morgan fingerprint density at radius 2 is 1.74 bits per heavy atom. The molecule has 19 heavy (non-hydrogen) atoms. The number of hydrogen-bond donors (Lipinski definition) is 0. The van der Waals surface area contributed by atoms with Crippen molar-refractivity contribution in [2.75, 3.05) is 13.1 Å². The van der Waals surface area contributed by atoms with Gasteiger partial charge in [-0.15, -0.1) is 0 Å². The SMILES string of the molecule is Fc1cc(F)cc([C@@H]2CC=NN2N2CC[CH]CC2)c1. The van der Waals surface area contributed by atoms with Crippen molar-refractivity contribution in [2.45, 2.75) is 25.3 Å². The first-order valence-electron chi connectivity index (χ1n) is 6.58. The molecule has 0 amide bonds. The lowest BCUT2D eigenvalue weighted by atomic mass is 10.0. The first-order chi connectivity index (χ1) is 9.24. The number of hydrazone groups is 1. The number of hydrogen-bond acceptors (Lipinski definition) is 3. The normalized spacial score (nSPS) is 24.1. The maximum atomic E-state index is 13.3. The number of piperidine rings is 1. The van der Waals surface area contributed by atoms with Crippen molar-refractivity contribution in [1.29, 1.82) is 0 Å². The van der Waals surface area contributed by atoms with E-state index in [9.17, 15) is 8.78 Å². The van der Waals surface area contributed by atoms with E-state index in [1.54, 1.807) is 0 Å². The van der Waals surface area contributed by atoms with E-state index >= 15 is 0 Å². The molecule has 2 heterocycles. The van der Waals surface area contributed by atoms with E-state index in [-0.39, 0.29) is 6.04 Å². The fourth-order valence-electron chi connectivity index (χ4n) is 2.65. The first-order valence-corrected chi connectivity index (χ1v) is 6.58. The highest BCUT2D eigenvalue weighted by atomic mass is 19.1. The Morgan fingerprint density at radius 3 is 2.42 bits per heavy atom. The van der Waals surface area contributed by atoms with Crippen LogP contribution in [-0.4, -0.2) is 29.4 Å². The van der Waals surface area contributed by atoms with Gasteiger partial charge in [-0.1, -0.05) is 0 Å². The van der Waals surface area contributed by atoms with Crippen LogP contribution >= 0.6 is 0 Å². The highest BCUT2D eigenvalue weighted by molar-refractivity contribution is 5.60. The summed E-state index contributed by atoms with van der Waals surface area (Å²) in [6, 6.07) is 3.60. The third-order valence-corrected chi connectivity index (χ3v) is 3.55. The van der Waals surface area contributed by atoms with Gasteiger partial charge in [0.25, 0.3) is 0 Å². The van der Waals surface area contributed by atoms with Crippen LogP contribution in [0.25, 0.3) is 0 Å². The minimum Gasteiger partial charge on any atom is -0.220 e. The molecule has 1 atom stereocenters. The van der Waals surface area contributed by atoms with E-state index in [1.807, 2.05) is 11.3 Å². The monoisotopic (exact) mass is 264 g/mol. The Bertz CT molecular complexity index is 463. The highest BCUT2D eigenvalue weighted by Crippen LogP contribution is 2.31. The second-order valence-electron chi connectivity index (χ2n) is 4.89. The summed E-state index contributed by atoms with van der Waals surface area (Å²) in [5.41, 5.74) is 0.643. The number of hydrazine groups is 1. The van der Waals surface area contributed by atoms with Crippen LogP contribution < -0.4 is 0 Å². The van der Waals surface area contributed by atoms with E-state index in [4.69, 9.17) is 0 Å². The van der Waals surface area contributed by atoms with E-state index in [1.165, 1.54) is 12.1 Å². The molecule has 0 aliphatic carbocycles. The number of benzene rings is 1. The standard InChI is InChI=1S/C14H16F2N3/c15-12-8-11(9-13(16)10-12)14-4-5-17-19(14)18-6-2-1-3-7-18/h1,5,8-10,14H,2-4,6-7H2/t14-/m0/s1. The van der Waals surface area contributed by atoms with Crippen molar-refractivity contribution in [3.63, 3.8) is 0 Å². The van der Waals surface area contributed by atoms with Crippen LogP contribution in [0.15, 0.2) is 23.3 Å². The minimum atomic E-state index is -0.533. The Kier molecular flexibility index (Phi) is 3.46. The molecular weight excluding hydrogens is 248 g/mol. The van der Waals surface area contributed by atoms with Crippen molar-refractivity contribution >= 4 is 6.21 Å². The van der Waals surface area contributed by atoms with Gasteiger partial charge in [-0.2, -0.15) is 5.10 Å². The Labute approximate surface area is 111 Å². The van der Waals surface area contributed by atoms with Crippen LogP contribution in [0.2, 0.25) is 0 Å². The van der Waals surface area contributed by atoms with Gasteiger partial charge in [0.2, 0.25) is 0 Å². The number of nitrogens with zero attached hydrogens (tertiary/aromatic N) is 3. The fraction of sp³-hybridized carbons (Fsp3) is 0.429. The largest absolute Gasteiger partial charge is 0.220 e. The lowest BCUT2D eigenvalue weighted by molar-refractivity contribution is -0.0562. The average Bonchev–Trinajstić information content (AvgIpc) is 2.88. The second kappa shape index (κ2) is 5.25. The predicted octanol–water partition coefficient (Wildman–Crippen LogP) is 2.91. The van der Waals surface area contributed by atoms with Crippen molar-refractivity contribution in [3.8, 4) is 0 Å². The molecule has 1 aromatic carbocycles. The van der Waals surface area contributed by atoms with Crippen molar-refractivity contribution in [1.82, 2.24) is 10.1 Å². The van der Waals surface area contributed by atoms with Gasteiger partial charge >= 0.3 is 0 Å². The minimum absolute atomic E-state index is 0.0942. The summed E-state index contributed by atoms with van der Waals surface area (Å²) in [7, 11) is 0. The van der Waals surface area contributed by atoms with E-state index in [0.29, 0.717) is 12.0 Å². The van der Waals surface area contributed by atoms with Crippen molar-refractivity contribution in [3.05, 3.63) is 41.8 Å². The van der Waals surface area contributed by atoms with Crippen LogP contribution in [0.5, 0.6) is 0 Å². The summed E-state index contributed by atoms with van der Waals surface area (Å²) in [5.74, 6) is -1.07. The predicted molar refractivity (Wildman–Crippen MR) is 69.2 cm³/mol. The molecule has 0 saturated carbocycles. The molecule has 1 radical (unpaired) electrons. The maximum Gasteiger partial charge on any atom is 0.126 e. The van der Waals surface area contributed by atoms with Crippen LogP contribution in [0.4, 0.5) is 8.78 Å².